The molecule has 0 unspecified atom stereocenters. The summed E-state index contributed by atoms with van der Waals surface area (Å²) in [6.45, 7) is 9.58. The van der Waals surface area contributed by atoms with E-state index >= 15 is 0 Å². The number of hydrogen-bond donors (Lipinski definition) is 1. The highest BCUT2D eigenvalue weighted by molar-refractivity contribution is 5.92. The normalized spacial score (nSPS) is 11.1. The molecule has 0 radical (unpaired) electrons. The molecule has 0 heterocycles. The van der Waals surface area contributed by atoms with Gasteiger partial charge in [0, 0.05) is 5.69 Å². The number of aryl methyl sites for hydroxylation is 2. The second kappa shape index (κ2) is 6.55. The predicted octanol–water partition coefficient (Wildman–Crippen LogP) is 3.22. The fourth-order valence-electron chi connectivity index (χ4n) is 1.65. The zero-order valence-electron chi connectivity index (χ0n) is 12.9. The van der Waals surface area contributed by atoms with E-state index in [-0.39, 0.29) is 23.9 Å². The van der Waals surface area contributed by atoms with Crippen LogP contribution in [0, 0.1) is 19.3 Å². The minimum Gasteiger partial charge on any atom is -0.456 e. The zero-order chi connectivity index (χ0) is 15.3. The van der Waals surface area contributed by atoms with E-state index in [1.807, 2.05) is 52.8 Å². The lowest BCUT2D eigenvalue weighted by Crippen LogP contribution is -2.23. The number of carbonyl (C=O) groups is 2. The quantitative estimate of drug-likeness (QED) is 0.860. The third-order valence-corrected chi connectivity index (χ3v) is 2.83. The average Bonchev–Trinajstić information content (AvgIpc) is 2.29. The summed E-state index contributed by atoms with van der Waals surface area (Å²) in [6.07, 6.45) is 0.296. The first kappa shape index (κ1) is 16.2. The molecule has 0 saturated heterocycles. The van der Waals surface area contributed by atoms with Gasteiger partial charge in [-0.15, -0.1) is 0 Å². The van der Waals surface area contributed by atoms with Crippen LogP contribution in [0.15, 0.2) is 18.2 Å². The summed E-state index contributed by atoms with van der Waals surface area (Å²) in [5.41, 5.74) is 2.85. The number of nitrogens with one attached hydrogen (secondary N) is 1. The molecular weight excluding hydrogens is 254 g/mol. The summed E-state index contributed by atoms with van der Waals surface area (Å²) in [7, 11) is 0. The SMILES string of the molecule is Cc1ccc(NC(=O)COC(=O)CC(C)(C)C)cc1C. The van der Waals surface area contributed by atoms with Gasteiger partial charge in [-0.25, -0.2) is 0 Å². The van der Waals surface area contributed by atoms with Crippen LogP contribution >= 0.6 is 0 Å². The molecule has 4 heteroatoms. The van der Waals surface area contributed by atoms with E-state index in [1.54, 1.807) is 0 Å². The number of hydrogen-bond acceptors (Lipinski definition) is 3. The van der Waals surface area contributed by atoms with Crippen molar-refractivity contribution in [2.24, 2.45) is 5.41 Å². The van der Waals surface area contributed by atoms with Gasteiger partial charge in [0.2, 0.25) is 0 Å². The van der Waals surface area contributed by atoms with Crippen LogP contribution in [0.3, 0.4) is 0 Å². The number of carbonyl (C=O) groups excluding carboxylic acids is 2. The lowest BCUT2D eigenvalue weighted by molar-refractivity contribution is -0.149. The Bertz CT molecular complexity index is 501. The van der Waals surface area contributed by atoms with Crippen molar-refractivity contribution in [3.8, 4) is 0 Å². The highest BCUT2D eigenvalue weighted by Gasteiger charge is 2.17. The zero-order valence-corrected chi connectivity index (χ0v) is 12.9. The largest absolute Gasteiger partial charge is 0.456 e. The average molecular weight is 277 g/mol. The van der Waals surface area contributed by atoms with Gasteiger partial charge >= 0.3 is 5.97 Å². The van der Waals surface area contributed by atoms with Gasteiger partial charge in [-0.3, -0.25) is 9.59 Å². The number of benzene rings is 1. The van der Waals surface area contributed by atoms with Crippen molar-refractivity contribution in [3.05, 3.63) is 29.3 Å². The highest BCUT2D eigenvalue weighted by Crippen LogP contribution is 2.19. The van der Waals surface area contributed by atoms with Gasteiger partial charge < -0.3 is 10.1 Å². The van der Waals surface area contributed by atoms with Crippen molar-refractivity contribution in [1.82, 2.24) is 0 Å². The van der Waals surface area contributed by atoms with Gasteiger partial charge in [0.25, 0.3) is 5.91 Å². The molecule has 0 atom stereocenters. The van der Waals surface area contributed by atoms with Gasteiger partial charge in [0.05, 0.1) is 6.42 Å². The Labute approximate surface area is 120 Å². The van der Waals surface area contributed by atoms with Crippen LogP contribution in [0.25, 0.3) is 0 Å². The summed E-state index contributed by atoms with van der Waals surface area (Å²) >= 11 is 0. The van der Waals surface area contributed by atoms with Gasteiger partial charge in [0.1, 0.15) is 0 Å². The first-order valence-corrected chi connectivity index (χ1v) is 6.70. The van der Waals surface area contributed by atoms with E-state index in [0.717, 1.165) is 5.56 Å². The molecule has 1 N–H and O–H groups in total. The number of rotatable bonds is 4. The Morgan fingerprint density at radius 2 is 1.80 bits per heavy atom. The van der Waals surface area contributed by atoms with Crippen LogP contribution in [0.4, 0.5) is 5.69 Å². The molecule has 20 heavy (non-hydrogen) atoms. The fourth-order valence-corrected chi connectivity index (χ4v) is 1.65. The van der Waals surface area contributed by atoms with Crippen molar-refractivity contribution in [2.45, 2.75) is 41.0 Å². The summed E-state index contributed by atoms with van der Waals surface area (Å²) in [5.74, 6) is -0.678. The van der Waals surface area contributed by atoms with E-state index in [2.05, 4.69) is 5.32 Å². The van der Waals surface area contributed by atoms with Crippen molar-refractivity contribution < 1.29 is 14.3 Å². The summed E-state index contributed by atoms with van der Waals surface area (Å²) < 4.78 is 4.96. The maximum absolute atomic E-state index is 11.7. The third kappa shape index (κ3) is 5.87. The summed E-state index contributed by atoms with van der Waals surface area (Å²) in [6, 6.07) is 5.66. The maximum atomic E-state index is 11.7. The van der Waals surface area contributed by atoms with E-state index in [1.165, 1.54) is 5.56 Å². The first-order valence-electron chi connectivity index (χ1n) is 6.70. The molecule has 1 rings (SSSR count). The van der Waals surface area contributed by atoms with E-state index < -0.39 is 0 Å². The Balaban J connectivity index is 2.44. The van der Waals surface area contributed by atoms with Crippen molar-refractivity contribution >= 4 is 17.6 Å². The van der Waals surface area contributed by atoms with Gasteiger partial charge in [-0.05, 0) is 42.5 Å². The molecule has 1 aromatic carbocycles. The molecule has 0 bridgehead atoms. The molecule has 4 nitrogen and oxygen atoms in total. The predicted molar refractivity (Wildman–Crippen MR) is 79.6 cm³/mol. The van der Waals surface area contributed by atoms with E-state index in [0.29, 0.717) is 12.1 Å². The van der Waals surface area contributed by atoms with Crippen LogP contribution in [-0.4, -0.2) is 18.5 Å². The number of amides is 1. The summed E-state index contributed by atoms with van der Waals surface area (Å²) in [4.78, 5) is 23.2. The Morgan fingerprint density at radius 3 is 2.35 bits per heavy atom. The molecule has 0 fully saturated rings. The smallest absolute Gasteiger partial charge is 0.306 e. The molecule has 0 spiro atoms. The van der Waals surface area contributed by atoms with Crippen LogP contribution in [0.5, 0.6) is 0 Å². The second-order valence-corrected chi connectivity index (χ2v) is 6.25. The molecule has 0 aliphatic rings. The molecule has 0 aliphatic heterocycles. The first-order chi connectivity index (χ1) is 9.17. The fraction of sp³-hybridized carbons (Fsp3) is 0.500. The van der Waals surface area contributed by atoms with Crippen molar-refractivity contribution in [2.75, 3.05) is 11.9 Å². The topological polar surface area (TPSA) is 55.4 Å². The Hall–Kier alpha value is -1.84. The molecular formula is C16H23NO3. The van der Waals surface area contributed by atoms with Gasteiger partial charge in [-0.1, -0.05) is 26.8 Å². The second-order valence-electron chi connectivity index (χ2n) is 6.25. The maximum Gasteiger partial charge on any atom is 0.306 e. The summed E-state index contributed by atoms with van der Waals surface area (Å²) in [5, 5.41) is 2.71. The highest BCUT2D eigenvalue weighted by atomic mass is 16.5. The number of ether oxygens (including phenoxy) is 1. The van der Waals surface area contributed by atoms with Gasteiger partial charge in [0.15, 0.2) is 6.61 Å². The monoisotopic (exact) mass is 277 g/mol. The molecule has 0 aliphatic carbocycles. The van der Waals surface area contributed by atoms with Crippen LogP contribution in [-0.2, 0) is 14.3 Å². The lowest BCUT2D eigenvalue weighted by Gasteiger charge is -2.16. The number of anilines is 1. The number of esters is 1. The Kier molecular flexibility index (Phi) is 5.31. The van der Waals surface area contributed by atoms with Crippen LogP contribution in [0.2, 0.25) is 0 Å². The van der Waals surface area contributed by atoms with E-state index in [9.17, 15) is 9.59 Å². The molecule has 0 aromatic heterocycles. The van der Waals surface area contributed by atoms with Crippen molar-refractivity contribution in [1.29, 1.82) is 0 Å². The minimum atomic E-state index is -0.354. The molecule has 1 aromatic rings. The molecule has 110 valence electrons. The standard InChI is InChI=1S/C16H23NO3/c1-11-6-7-13(8-12(11)2)17-14(18)10-20-15(19)9-16(3,4)5/h6-8H,9-10H2,1-5H3,(H,17,18). The van der Waals surface area contributed by atoms with Gasteiger partial charge in [-0.2, -0.15) is 0 Å². The third-order valence-electron chi connectivity index (χ3n) is 2.83. The van der Waals surface area contributed by atoms with E-state index in [4.69, 9.17) is 4.74 Å². The van der Waals surface area contributed by atoms with Crippen LogP contribution in [0.1, 0.15) is 38.3 Å². The van der Waals surface area contributed by atoms with Crippen LogP contribution < -0.4 is 5.32 Å². The van der Waals surface area contributed by atoms with Crippen molar-refractivity contribution in [3.63, 3.8) is 0 Å². The lowest BCUT2D eigenvalue weighted by atomic mass is 9.92. The molecule has 1 amide bonds. The molecule has 0 saturated carbocycles. The Morgan fingerprint density at radius 1 is 1.15 bits per heavy atom. The minimum absolute atomic E-state index is 0.137.